The number of rotatable bonds is 6. The van der Waals surface area contributed by atoms with Gasteiger partial charge in [-0.25, -0.2) is 8.42 Å². The zero-order valence-corrected chi connectivity index (χ0v) is 15.7. The predicted molar refractivity (Wildman–Crippen MR) is 95.4 cm³/mol. The zero-order chi connectivity index (χ0) is 18.7. The minimum absolute atomic E-state index is 0.0312. The van der Waals surface area contributed by atoms with Crippen LogP contribution in [0.3, 0.4) is 0 Å². The van der Waals surface area contributed by atoms with Crippen LogP contribution in [-0.4, -0.2) is 35.8 Å². The van der Waals surface area contributed by atoms with Gasteiger partial charge in [0, 0.05) is 20.3 Å². The van der Waals surface area contributed by atoms with Crippen molar-refractivity contribution >= 4 is 20.0 Å². The van der Waals surface area contributed by atoms with Gasteiger partial charge in [-0.3, -0.25) is 0 Å². The molecule has 0 saturated carbocycles. The monoisotopic (exact) mass is 381 g/mol. The predicted octanol–water partition coefficient (Wildman–Crippen LogP) is 2.57. The summed E-state index contributed by atoms with van der Waals surface area (Å²) >= 11 is 0. The van der Waals surface area contributed by atoms with Gasteiger partial charge < -0.3 is 9.08 Å². The highest BCUT2D eigenvalue weighted by molar-refractivity contribution is 7.94. The molecule has 6 nitrogen and oxygen atoms in total. The third-order valence-corrected chi connectivity index (χ3v) is 5.88. The van der Waals surface area contributed by atoms with E-state index in [-0.39, 0.29) is 15.5 Å². The van der Waals surface area contributed by atoms with Crippen molar-refractivity contribution in [2.45, 2.75) is 16.7 Å². The highest BCUT2D eigenvalue weighted by atomic mass is 32.2. The molecule has 0 unspecified atom stereocenters. The molecule has 0 aliphatic rings. The maximum atomic E-state index is 12.2. The topological polar surface area (TPSA) is 80.8 Å². The lowest BCUT2D eigenvalue weighted by Crippen LogP contribution is -2.09. The fourth-order valence-corrected chi connectivity index (χ4v) is 3.85. The lowest BCUT2D eigenvalue weighted by Gasteiger charge is -2.08. The van der Waals surface area contributed by atoms with Crippen molar-refractivity contribution in [3.8, 4) is 5.75 Å². The van der Waals surface area contributed by atoms with E-state index >= 15 is 0 Å². The Bertz CT molecular complexity index is 959. The lowest BCUT2D eigenvalue weighted by molar-refractivity contribution is 0.486. The molecule has 8 heteroatoms. The van der Waals surface area contributed by atoms with Gasteiger partial charge in [-0.1, -0.05) is 17.7 Å². The number of benzene rings is 2. The standard InChI is InChI=1S/C17H19NO5S2/c1-14-4-8-17(9-5-14)25(21,22)23-15-6-10-16(11-7-15)24(19,20)13-12-18(2)3/h4-13H,1-3H3. The molecule has 25 heavy (non-hydrogen) atoms. The van der Waals surface area contributed by atoms with Crippen LogP contribution in [-0.2, 0) is 20.0 Å². The van der Waals surface area contributed by atoms with Crippen LogP contribution < -0.4 is 4.18 Å². The summed E-state index contributed by atoms with van der Waals surface area (Å²) in [4.78, 5) is 1.68. The molecule has 0 atom stereocenters. The number of sulfone groups is 1. The van der Waals surface area contributed by atoms with E-state index in [0.717, 1.165) is 11.0 Å². The van der Waals surface area contributed by atoms with Crippen molar-refractivity contribution in [3.63, 3.8) is 0 Å². The second kappa shape index (κ2) is 7.28. The van der Waals surface area contributed by atoms with E-state index in [1.165, 1.54) is 42.6 Å². The third-order valence-electron chi connectivity index (χ3n) is 3.21. The first-order valence-electron chi connectivity index (χ1n) is 7.31. The van der Waals surface area contributed by atoms with Gasteiger partial charge in [0.25, 0.3) is 0 Å². The van der Waals surface area contributed by atoms with Crippen LogP contribution in [0.2, 0.25) is 0 Å². The van der Waals surface area contributed by atoms with Crippen LogP contribution in [0, 0.1) is 6.92 Å². The molecule has 0 fully saturated rings. The number of hydrogen-bond donors (Lipinski definition) is 0. The minimum Gasteiger partial charge on any atom is -0.383 e. The SMILES string of the molecule is Cc1ccc(S(=O)(=O)Oc2ccc(S(=O)(=O)C=CN(C)C)cc2)cc1. The van der Waals surface area contributed by atoms with Gasteiger partial charge >= 0.3 is 10.1 Å². The molecule has 134 valence electrons. The summed E-state index contributed by atoms with van der Waals surface area (Å²) in [5, 5.41) is 1.08. The van der Waals surface area contributed by atoms with Gasteiger partial charge in [0.15, 0.2) is 0 Å². The molecule has 0 spiro atoms. The number of nitrogens with zero attached hydrogens (tertiary/aromatic N) is 1. The average Bonchev–Trinajstić information content (AvgIpc) is 2.53. The van der Waals surface area contributed by atoms with Gasteiger partial charge in [-0.2, -0.15) is 8.42 Å². The first-order chi connectivity index (χ1) is 11.6. The maximum Gasteiger partial charge on any atom is 0.339 e. The van der Waals surface area contributed by atoms with Crippen molar-refractivity contribution in [2.24, 2.45) is 0 Å². The van der Waals surface area contributed by atoms with Crippen LogP contribution in [0.15, 0.2) is 69.9 Å². The van der Waals surface area contributed by atoms with E-state index in [9.17, 15) is 16.8 Å². The first-order valence-corrected chi connectivity index (χ1v) is 10.3. The lowest BCUT2D eigenvalue weighted by atomic mass is 10.2. The molecule has 0 heterocycles. The molecule has 2 aromatic carbocycles. The van der Waals surface area contributed by atoms with Crippen LogP contribution in [0.1, 0.15) is 5.56 Å². The summed E-state index contributed by atoms with van der Waals surface area (Å²) in [7, 11) is -4.16. The quantitative estimate of drug-likeness (QED) is 0.716. The zero-order valence-electron chi connectivity index (χ0n) is 14.1. The molecule has 0 N–H and O–H groups in total. The Hall–Kier alpha value is -2.32. The molecular weight excluding hydrogens is 362 g/mol. The van der Waals surface area contributed by atoms with E-state index < -0.39 is 20.0 Å². The molecule has 0 aliphatic heterocycles. The minimum atomic E-state index is -3.97. The van der Waals surface area contributed by atoms with Crippen LogP contribution >= 0.6 is 0 Å². The van der Waals surface area contributed by atoms with Gasteiger partial charge in [0.05, 0.1) is 10.3 Å². The summed E-state index contributed by atoms with van der Waals surface area (Å²) in [6.45, 7) is 1.85. The summed E-state index contributed by atoms with van der Waals surface area (Å²) in [6.07, 6.45) is 1.42. The number of hydrogen-bond acceptors (Lipinski definition) is 6. The van der Waals surface area contributed by atoms with E-state index in [1.54, 1.807) is 31.1 Å². The van der Waals surface area contributed by atoms with E-state index in [1.807, 2.05) is 6.92 Å². The van der Waals surface area contributed by atoms with Crippen molar-refractivity contribution in [3.05, 3.63) is 65.7 Å². The summed E-state index contributed by atoms with van der Waals surface area (Å²) in [5.74, 6) is 0.0381. The van der Waals surface area contributed by atoms with Crippen molar-refractivity contribution < 1.29 is 21.0 Å². The molecule has 0 radical (unpaired) electrons. The van der Waals surface area contributed by atoms with Gasteiger partial charge in [-0.05, 0) is 43.3 Å². The fourth-order valence-electron chi connectivity index (χ4n) is 1.85. The summed E-state index contributed by atoms with van der Waals surface area (Å²) in [6, 6.07) is 11.5. The van der Waals surface area contributed by atoms with Gasteiger partial charge in [0.2, 0.25) is 9.84 Å². The molecule has 0 bridgehead atoms. The van der Waals surface area contributed by atoms with E-state index in [0.29, 0.717) is 0 Å². The van der Waals surface area contributed by atoms with Crippen molar-refractivity contribution in [1.29, 1.82) is 0 Å². The molecule has 0 aromatic heterocycles. The smallest absolute Gasteiger partial charge is 0.339 e. The molecule has 0 amide bonds. The van der Waals surface area contributed by atoms with Crippen LogP contribution in [0.25, 0.3) is 0 Å². The Balaban J connectivity index is 2.22. The second-order valence-corrected chi connectivity index (χ2v) is 9.00. The van der Waals surface area contributed by atoms with Crippen molar-refractivity contribution in [2.75, 3.05) is 14.1 Å². The average molecular weight is 381 g/mol. The maximum absolute atomic E-state index is 12.2. The van der Waals surface area contributed by atoms with Crippen molar-refractivity contribution in [1.82, 2.24) is 4.90 Å². The molecule has 0 aliphatic carbocycles. The molecule has 0 saturated heterocycles. The first kappa shape index (κ1) is 19.0. The number of aryl methyl sites for hydroxylation is 1. The molecular formula is C17H19NO5S2. The van der Waals surface area contributed by atoms with E-state index in [4.69, 9.17) is 4.18 Å². The Morgan fingerprint density at radius 1 is 0.840 bits per heavy atom. The molecule has 2 rings (SSSR count). The fraction of sp³-hybridized carbons (Fsp3) is 0.176. The Morgan fingerprint density at radius 3 is 1.88 bits per heavy atom. The van der Waals surface area contributed by atoms with Crippen LogP contribution in [0.4, 0.5) is 0 Å². The highest BCUT2D eigenvalue weighted by Gasteiger charge is 2.17. The Labute approximate surface area is 148 Å². The summed E-state index contributed by atoms with van der Waals surface area (Å²) in [5.41, 5.74) is 0.930. The van der Waals surface area contributed by atoms with E-state index in [2.05, 4.69) is 0 Å². The van der Waals surface area contributed by atoms with Gasteiger partial charge in [0.1, 0.15) is 10.6 Å². The summed E-state index contributed by atoms with van der Waals surface area (Å²) < 4.78 is 53.7. The van der Waals surface area contributed by atoms with Gasteiger partial charge in [-0.15, -0.1) is 0 Å². The second-order valence-electron chi connectivity index (χ2n) is 5.62. The Kier molecular flexibility index (Phi) is 5.54. The third kappa shape index (κ3) is 5.07. The Morgan fingerprint density at radius 2 is 1.36 bits per heavy atom. The van der Waals surface area contributed by atoms with Crippen LogP contribution in [0.5, 0.6) is 5.75 Å². The molecule has 2 aromatic rings. The largest absolute Gasteiger partial charge is 0.383 e. The highest BCUT2D eigenvalue weighted by Crippen LogP contribution is 2.22. The normalized spacial score (nSPS) is 12.3.